The number of nitrogens with one attached hydrogen (secondary N) is 1. The van der Waals surface area contributed by atoms with Crippen LogP contribution < -0.4 is 10.5 Å². The highest BCUT2D eigenvalue weighted by Crippen LogP contribution is 2.17. The third kappa shape index (κ3) is 3.92. The van der Waals surface area contributed by atoms with Crippen molar-refractivity contribution in [1.29, 1.82) is 0 Å². The summed E-state index contributed by atoms with van der Waals surface area (Å²) in [5.41, 5.74) is 7.00. The summed E-state index contributed by atoms with van der Waals surface area (Å²) < 4.78 is 26.3. The van der Waals surface area contributed by atoms with Crippen LogP contribution >= 0.6 is 0 Å². The number of nitrogens with two attached hydrogens (primary N) is 1. The first-order valence-electron chi connectivity index (χ1n) is 5.67. The fourth-order valence-electron chi connectivity index (χ4n) is 1.50. The lowest BCUT2D eigenvalue weighted by molar-refractivity contribution is 0.600. The van der Waals surface area contributed by atoms with Crippen LogP contribution in [0.5, 0.6) is 0 Å². The van der Waals surface area contributed by atoms with E-state index in [0.717, 1.165) is 5.69 Å². The molecule has 0 aliphatic rings. The molecule has 0 atom stereocenters. The van der Waals surface area contributed by atoms with Crippen molar-refractivity contribution in [3.63, 3.8) is 0 Å². The lowest BCUT2D eigenvalue weighted by atomic mass is 10.3. The minimum atomic E-state index is -3.45. The molecular weight excluding hydrogens is 264 g/mol. The molecule has 6 nitrogen and oxygen atoms in total. The van der Waals surface area contributed by atoms with Crippen molar-refractivity contribution in [1.82, 2.24) is 9.97 Å². The molecule has 0 amide bonds. The number of aromatic nitrogens is 2. The number of anilines is 2. The van der Waals surface area contributed by atoms with Gasteiger partial charge in [0.05, 0.1) is 23.3 Å². The van der Waals surface area contributed by atoms with Crippen LogP contribution in [-0.2, 0) is 16.4 Å². The molecule has 0 aromatic carbocycles. The van der Waals surface area contributed by atoms with Gasteiger partial charge in [0, 0.05) is 24.5 Å². The number of nitrogens with zero attached hydrogens (tertiary/aromatic N) is 2. The molecule has 7 heteroatoms. The van der Waals surface area contributed by atoms with Crippen LogP contribution in [0.25, 0.3) is 0 Å². The molecular formula is C12H14N4O2S. The van der Waals surface area contributed by atoms with E-state index in [1.807, 2.05) is 6.07 Å². The smallest absolute Gasteiger partial charge is 0.233 e. The van der Waals surface area contributed by atoms with Crippen molar-refractivity contribution in [2.75, 3.05) is 16.2 Å². The molecule has 0 bridgehead atoms. The Bertz CT molecular complexity index is 644. The van der Waals surface area contributed by atoms with E-state index < -0.39 is 10.0 Å². The van der Waals surface area contributed by atoms with Crippen molar-refractivity contribution in [2.45, 2.75) is 6.42 Å². The molecule has 100 valence electrons. The summed E-state index contributed by atoms with van der Waals surface area (Å²) in [5, 5.41) is 0. The number of rotatable bonds is 5. The van der Waals surface area contributed by atoms with E-state index in [1.54, 1.807) is 18.3 Å². The Morgan fingerprint density at radius 1 is 1.21 bits per heavy atom. The van der Waals surface area contributed by atoms with Gasteiger partial charge in [0.2, 0.25) is 10.0 Å². The first-order chi connectivity index (χ1) is 9.07. The number of nitrogen functional groups attached to an aromatic ring is 1. The lowest BCUT2D eigenvalue weighted by Crippen LogP contribution is -2.19. The fraction of sp³-hybridized carbons (Fsp3) is 0.167. The molecule has 3 N–H and O–H groups in total. The van der Waals surface area contributed by atoms with Gasteiger partial charge in [0.25, 0.3) is 0 Å². The zero-order valence-electron chi connectivity index (χ0n) is 10.2. The van der Waals surface area contributed by atoms with E-state index in [0.29, 0.717) is 17.8 Å². The maximum atomic E-state index is 11.9. The number of aryl methyl sites for hydroxylation is 1. The maximum absolute atomic E-state index is 11.9. The first-order valence-corrected chi connectivity index (χ1v) is 7.32. The van der Waals surface area contributed by atoms with Gasteiger partial charge in [-0.15, -0.1) is 0 Å². The Kier molecular flexibility index (Phi) is 3.96. The zero-order valence-corrected chi connectivity index (χ0v) is 11.0. The summed E-state index contributed by atoms with van der Waals surface area (Å²) >= 11 is 0. The van der Waals surface area contributed by atoms with Gasteiger partial charge in [-0.25, -0.2) is 8.42 Å². The van der Waals surface area contributed by atoms with Gasteiger partial charge in [-0.05, 0) is 18.2 Å². The van der Waals surface area contributed by atoms with Gasteiger partial charge in [-0.1, -0.05) is 6.07 Å². The lowest BCUT2D eigenvalue weighted by Gasteiger charge is -2.09. The van der Waals surface area contributed by atoms with Gasteiger partial charge >= 0.3 is 0 Å². The van der Waals surface area contributed by atoms with Crippen molar-refractivity contribution < 1.29 is 8.42 Å². The Morgan fingerprint density at radius 3 is 2.74 bits per heavy atom. The summed E-state index contributed by atoms with van der Waals surface area (Å²) in [6.07, 6.45) is 4.86. The summed E-state index contributed by atoms with van der Waals surface area (Å²) in [4.78, 5) is 7.88. The number of sulfonamides is 1. The number of hydrogen-bond acceptors (Lipinski definition) is 5. The minimum Gasteiger partial charge on any atom is -0.396 e. The standard InChI is InChI=1S/C12H14N4O2S/c13-11-9-14-7-4-12(11)16-19(17,18)8-5-10-3-1-2-6-15-10/h1-4,6-7,9H,5,8,13H2,(H,14,16). The Balaban J connectivity index is 2.02. The van der Waals surface area contributed by atoms with Crippen molar-refractivity contribution in [2.24, 2.45) is 0 Å². The Labute approximate surface area is 111 Å². The van der Waals surface area contributed by atoms with Crippen molar-refractivity contribution in [3.8, 4) is 0 Å². The molecule has 0 spiro atoms. The average molecular weight is 278 g/mol. The van der Waals surface area contributed by atoms with Gasteiger partial charge in [-0.3, -0.25) is 14.7 Å². The van der Waals surface area contributed by atoms with Crippen molar-refractivity contribution in [3.05, 3.63) is 48.5 Å². The van der Waals surface area contributed by atoms with Crippen LogP contribution in [0.4, 0.5) is 11.4 Å². The number of pyridine rings is 2. The second-order valence-corrected chi connectivity index (χ2v) is 5.80. The molecule has 0 radical (unpaired) electrons. The molecule has 2 aromatic rings. The van der Waals surface area contributed by atoms with E-state index in [-0.39, 0.29) is 5.75 Å². The van der Waals surface area contributed by atoms with Crippen LogP contribution in [0, 0.1) is 0 Å². The molecule has 19 heavy (non-hydrogen) atoms. The van der Waals surface area contributed by atoms with Crippen LogP contribution in [0.15, 0.2) is 42.9 Å². The fourth-order valence-corrected chi connectivity index (χ4v) is 2.60. The minimum absolute atomic E-state index is 0.0498. The monoisotopic (exact) mass is 278 g/mol. The highest BCUT2D eigenvalue weighted by Gasteiger charge is 2.12. The molecule has 0 fully saturated rings. The molecule has 2 rings (SSSR count). The molecule has 0 saturated heterocycles. The second kappa shape index (κ2) is 5.66. The highest BCUT2D eigenvalue weighted by molar-refractivity contribution is 7.92. The van der Waals surface area contributed by atoms with Gasteiger partial charge in [0.1, 0.15) is 0 Å². The molecule has 2 aromatic heterocycles. The predicted molar refractivity (Wildman–Crippen MR) is 74.0 cm³/mol. The third-order valence-electron chi connectivity index (χ3n) is 2.47. The molecule has 0 aliphatic carbocycles. The molecule has 0 aliphatic heterocycles. The van der Waals surface area contributed by atoms with Crippen LogP contribution in [0.1, 0.15) is 5.69 Å². The average Bonchev–Trinajstić information content (AvgIpc) is 2.40. The SMILES string of the molecule is Nc1cnccc1NS(=O)(=O)CCc1ccccn1. The van der Waals surface area contributed by atoms with E-state index >= 15 is 0 Å². The molecule has 0 saturated carbocycles. The molecule has 2 heterocycles. The van der Waals surface area contributed by atoms with Crippen LogP contribution in [0.3, 0.4) is 0 Å². The normalized spacial score (nSPS) is 11.2. The summed E-state index contributed by atoms with van der Waals surface area (Å²) in [7, 11) is -3.45. The topological polar surface area (TPSA) is 98.0 Å². The van der Waals surface area contributed by atoms with E-state index in [4.69, 9.17) is 5.73 Å². The Hall–Kier alpha value is -2.15. The first kappa shape index (κ1) is 13.3. The maximum Gasteiger partial charge on any atom is 0.233 e. The summed E-state index contributed by atoms with van der Waals surface area (Å²) in [5.74, 6) is -0.0498. The second-order valence-electron chi connectivity index (χ2n) is 3.95. The third-order valence-corrected chi connectivity index (χ3v) is 3.74. The summed E-state index contributed by atoms with van der Waals surface area (Å²) in [6.45, 7) is 0. The largest absolute Gasteiger partial charge is 0.396 e. The van der Waals surface area contributed by atoms with E-state index in [9.17, 15) is 8.42 Å². The highest BCUT2D eigenvalue weighted by atomic mass is 32.2. The van der Waals surface area contributed by atoms with Crippen molar-refractivity contribution >= 4 is 21.4 Å². The van der Waals surface area contributed by atoms with Gasteiger partial charge in [-0.2, -0.15) is 0 Å². The quantitative estimate of drug-likeness (QED) is 0.851. The Morgan fingerprint density at radius 2 is 2.05 bits per heavy atom. The van der Waals surface area contributed by atoms with E-state index in [1.165, 1.54) is 18.5 Å². The van der Waals surface area contributed by atoms with Crippen LogP contribution in [0.2, 0.25) is 0 Å². The summed E-state index contributed by atoms with van der Waals surface area (Å²) in [6, 6.07) is 6.92. The van der Waals surface area contributed by atoms with Crippen LogP contribution in [-0.4, -0.2) is 24.1 Å². The zero-order chi connectivity index (χ0) is 13.7. The number of hydrogen-bond donors (Lipinski definition) is 2. The molecule has 0 unspecified atom stereocenters. The predicted octanol–water partition coefficient (Wildman–Crippen LogP) is 1.04. The van der Waals surface area contributed by atoms with Gasteiger partial charge in [0.15, 0.2) is 0 Å². The van der Waals surface area contributed by atoms with Gasteiger partial charge < -0.3 is 5.73 Å². The van der Waals surface area contributed by atoms with E-state index in [2.05, 4.69) is 14.7 Å².